The van der Waals surface area contributed by atoms with E-state index in [1.165, 1.54) is 16.5 Å². The van der Waals surface area contributed by atoms with E-state index in [9.17, 15) is 4.79 Å². The number of hydrazine groups is 1. The summed E-state index contributed by atoms with van der Waals surface area (Å²) in [5.41, 5.74) is 11.2. The standard InChI is InChI=1S/C26H25N5O/c32-26-24-22(23(29-30-24)17-8-2-1-3-9-17)25(21-12-6-7-14-27-21)31(26)15-13-18-16-28-20-11-5-4-10-19(18)20/h1-12,14,16,22-25,28-30H,13,15H2. The molecule has 4 heterocycles. The van der Waals surface area contributed by atoms with Crippen LogP contribution in [-0.2, 0) is 11.2 Å². The van der Waals surface area contributed by atoms with Gasteiger partial charge in [-0.3, -0.25) is 9.78 Å². The predicted molar refractivity (Wildman–Crippen MR) is 123 cm³/mol. The van der Waals surface area contributed by atoms with Gasteiger partial charge in [0.25, 0.3) is 0 Å². The molecule has 4 unspecified atom stereocenters. The van der Waals surface area contributed by atoms with Gasteiger partial charge in [0, 0.05) is 35.8 Å². The van der Waals surface area contributed by atoms with E-state index in [1.54, 1.807) is 0 Å². The average Bonchev–Trinajstić information content (AvgIpc) is 3.53. The van der Waals surface area contributed by atoms with Gasteiger partial charge in [-0.2, -0.15) is 0 Å². The summed E-state index contributed by atoms with van der Waals surface area (Å²) >= 11 is 0. The molecular weight excluding hydrogens is 398 g/mol. The molecule has 4 atom stereocenters. The lowest BCUT2D eigenvalue weighted by molar-refractivity contribution is -0.130. The van der Waals surface area contributed by atoms with E-state index < -0.39 is 0 Å². The number of aromatic amines is 1. The zero-order chi connectivity index (χ0) is 21.5. The number of pyridine rings is 1. The molecule has 6 rings (SSSR count). The lowest BCUT2D eigenvalue weighted by Crippen LogP contribution is -2.42. The van der Waals surface area contributed by atoms with Crippen LogP contribution in [0.4, 0.5) is 0 Å². The third-order valence-corrected chi connectivity index (χ3v) is 6.86. The molecular formula is C26H25N5O. The van der Waals surface area contributed by atoms with Crippen LogP contribution in [0, 0.1) is 5.92 Å². The summed E-state index contributed by atoms with van der Waals surface area (Å²) in [7, 11) is 0. The number of hydrogen-bond donors (Lipinski definition) is 3. The highest BCUT2D eigenvalue weighted by Gasteiger charge is 2.55. The van der Waals surface area contributed by atoms with Crippen LogP contribution in [0.15, 0.2) is 85.2 Å². The predicted octanol–water partition coefficient (Wildman–Crippen LogP) is 3.52. The molecule has 0 bridgehead atoms. The molecule has 2 aliphatic heterocycles. The summed E-state index contributed by atoms with van der Waals surface area (Å²) in [5.74, 6) is 0.194. The van der Waals surface area contributed by atoms with E-state index in [4.69, 9.17) is 0 Å². The van der Waals surface area contributed by atoms with Crippen LogP contribution in [0.2, 0.25) is 0 Å². The number of likely N-dealkylation sites (tertiary alicyclic amines) is 1. The van der Waals surface area contributed by atoms with Crippen LogP contribution in [0.3, 0.4) is 0 Å². The first kappa shape index (κ1) is 19.2. The second-order valence-electron chi connectivity index (χ2n) is 8.57. The fourth-order valence-corrected chi connectivity index (χ4v) is 5.38. The third kappa shape index (κ3) is 3.11. The average molecular weight is 424 g/mol. The van der Waals surface area contributed by atoms with Crippen molar-refractivity contribution in [2.24, 2.45) is 5.92 Å². The summed E-state index contributed by atoms with van der Waals surface area (Å²) in [6, 6.07) is 24.3. The molecule has 0 saturated carbocycles. The van der Waals surface area contributed by atoms with Crippen molar-refractivity contribution in [1.82, 2.24) is 25.7 Å². The number of amides is 1. The van der Waals surface area contributed by atoms with Crippen LogP contribution >= 0.6 is 0 Å². The van der Waals surface area contributed by atoms with Crippen LogP contribution in [-0.4, -0.2) is 33.4 Å². The van der Waals surface area contributed by atoms with E-state index in [-0.39, 0.29) is 30.0 Å². The Hall–Kier alpha value is -3.48. The fraction of sp³-hybridized carbons (Fsp3) is 0.231. The molecule has 0 spiro atoms. The van der Waals surface area contributed by atoms with Crippen molar-refractivity contribution in [2.45, 2.75) is 24.5 Å². The Morgan fingerprint density at radius 2 is 1.66 bits per heavy atom. The second kappa shape index (κ2) is 7.89. The monoisotopic (exact) mass is 423 g/mol. The molecule has 4 aromatic rings. The zero-order valence-electron chi connectivity index (χ0n) is 17.6. The first-order chi connectivity index (χ1) is 15.8. The number of para-hydroxylation sites is 1. The summed E-state index contributed by atoms with van der Waals surface area (Å²) in [4.78, 5) is 23.6. The van der Waals surface area contributed by atoms with Crippen molar-refractivity contribution in [3.05, 3.63) is 102 Å². The largest absolute Gasteiger partial charge is 0.361 e. The quantitative estimate of drug-likeness (QED) is 0.459. The molecule has 0 radical (unpaired) electrons. The molecule has 32 heavy (non-hydrogen) atoms. The van der Waals surface area contributed by atoms with Crippen molar-refractivity contribution < 1.29 is 4.79 Å². The Balaban J connectivity index is 1.34. The topological polar surface area (TPSA) is 73.1 Å². The van der Waals surface area contributed by atoms with Gasteiger partial charge in [0.2, 0.25) is 5.91 Å². The number of hydrogen-bond acceptors (Lipinski definition) is 4. The Labute approximate surface area is 186 Å². The fourth-order valence-electron chi connectivity index (χ4n) is 5.38. The van der Waals surface area contributed by atoms with Gasteiger partial charge in [-0.1, -0.05) is 54.6 Å². The van der Waals surface area contributed by atoms with Crippen LogP contribution in [0.1, 0.15) is 28.9 Å². The van der Waals surface area contributed by atoms with E-state index in [2.05, 4.69) is 57.3 Å². The highest BCUT2D eigenvalue weighted by Crippen LogP contribution is 2.46. The van der Waals surface area contributed by atoms with Crippen LogP contribution in [0.25, 0.3) is 10.9 Å². The van der Waals surface area contributed by atoms with Crippen molar-refractivity contribution in [3.63, 3.8) is 0 Å². The summed E-state index contributed by atoms with van der Waals surface area (Å²) < 4.78 is 0. The Bertz CT molecular complexity index is 1240. The first-order valence-electron chi connectivity index (χ1n) is 11.1. The smallest absolute Gasteiger partial charge is 0.242 e. The Morgan fingerprint density at radius 3 is 2.50 bits per heavy atom. The van der Waals surface area contributed by atoms with Crippen molar-refractivity contribution >= 4 is 16.8 Å². The number of benzene rings is 2. The number of carbonyl (C=O) groups is 1. The van der Waals surface area contributed by atoms with Crippen molar-refractivity contribution in [1.29, 1.82) is 0 Å². The number of fused-ring (bicyclic) bond motifs is 2. The van der Waals surface area contributed by atoms with Crippen LogP contribution < -0.4 is 10.9 Å². The molecule has 2 fully saturated rings. The van der Waals surface area contributed by atoms with E-state index in [0.717, 1.165) is 17.6 Å². The second-order valence-corrected chi connectivity index (χ2v) is 8.57. The van der Waals surface area contributed by atoms with Crippen molar-refractivity contribution in [2.75, 3.05) is 6.54 Å². The van der Waals surface area contributed by atoms with E-state index >= 15 is 0 Å². The van der Waals surface area contributed by atoms with Gasteiger partial charge in [-0.15, -0.1) is 0 Å². The molecule has 2 aliphatic rings. The highest BCUT2D eigenvalue weighted by atomic mass is 16.2. The number of nitrogens with zero attached hydrogens (tertiary/aromatic N) is 2. The molecule has 160 valence electrons. The number of carbonyl (C=O) groups excluding carboxylic acids is 1. The molecule has 6 heteroatoms. The van der Waals surface area contributed by atoms with Crippen molar-refractivity contribution in [3.8, 4) is 0 Å². The molecule has 3 N–H and O–H groups in total. The minimum atomic E-state index is -0.268. The molecule has 1 amide bonds. The summed E-state index contributed by atoms with van der Waals surface area (Å²) in [5, 5.41) is 1.22. The van der Waals surface area contributed by atoms with Gasteiger partial charge in [0.15, 0.2) is 0 Å². The Morgan fingerprint density at radius 1 is 0.875 bits per heavy atom. The van der Waals surface area contributed by atoms with Gasteiger partial charge in [0.1, 0.15) is 6.04 Å². The van der Waals surface area contributed by atoms with Gasteiger partial charge < -0.3 is 9.88 Å². The molecule has 2 aromatic heterocycles. The molecule has 0 aliphatic carbocycles. The third-order valence-electron chi connectivity index (χ3n) is 6.86. The maximum Gasteiger partial charge on any atom is 0.242 e. The Kier molecular flexibility index (Phi) is 4.74. The maximum atomic E-state index is 13.6. The van der Waals surface area contributed by atoms with Gasteiger partial charge in [0.05, 0.1) is 17.8 Å². The normalized spacial score (nSPS) is 24.9. The van der Waals surface area contributed by atoms with E-state index in [1.807, 2.05) is 53.6 Å². The number of aromatic nitrogens is 2. The number of H-pyrrole nitrogens is 1. The SMILES string of the molecule is O=C1C2NNC(c3ccccc3)C2C(c2ccccn2)N1CCc1c[nH]c2ccccc12. The van der Waals surface area contributed by atoms with Gasteiger partial charge in [-0.05, 0) is 35.7 Å². The van der Waals surface area contributed by atoms with E-state index in [0.29, 0.717) is 6.54 Å². The molecule has 2 aromatic carbocycles. The maximum absolute atomic E-state index is 13.6. The summed E-state index contributed by atoms with van der Waals surface area (Å²) in [6.45, 7) is 0.651. The lowest BCUT2D eigenvalue weighted by Gasteiger charge is -2.30. The molecule has 6 nitrogen and oxygen atoms in total. The lowest BCUT2D eigenvalue weighted by atomic mass is 9.85. The minimum absolute atomic E-state index is 0.0373. The summed E-state index contributed by atoms with van der Waals surface area (Å²) in [6.07, 6.45) is 4.68. The first-order valence-corrected chi connectivity index (χ1v) is 11.1. The number of rotatable bonds is 5. The minimum Gasteiger partial charge on any atom is -0.361 e. The van der Waals surface area contributed by atoms with Crippen LogP contribution in [0.5, 0.6) is 0 Å². The number of nitrogens with one attached hydrogen (secondary N) is 3. The van der Waals surface area contributed by atoms with Gasteiger partial charge >= 0.3 is 0 Å². The zero-order valence-corrected chi connectivity index (χ0v) is 17.6. The van der Waals surface area contributed by atoms with Gasteiger partial charge in [-0.25, -0.2) is 10.9 Å². The molecule has 2 saturated heterocycles. The highest BCUT2D eigenvalue weighted by molar-refractivity contribution is 5.86.